The van der Waals surface area contributed by atoms with E-state index in [1.54, 1.807) is 5.57 Å². The maximum Gasteiger partial charge on any atom is 0.00477 e. The van der Waals surface area contributed by atoms with E-state index < -0.39 is 0 Å². The average Bonchev–Trinajstić information content (AvgIpc) is 2.03. The Hall–Kier alpha value is -0.300. The Morgan fingerprint density at radius 1 is 1.62 bits per heavy atom. The summed E-state index contributed by atoms with van der Waals surface area (Å²) in [6.07, 6.45) is 6.28. The SMILES string of the molecule is CC(N)CC1=CC[C@H]2C[C@@H]1C2(C)C. The molecule has 0 aliphatic heterocycles. The normalized spacial score (nSPS) is 37.7. The summed E-state index contributed by atoms with van der Waals surface area (Å²) in [4.78, 5) is 0. The van der Waals surface area contributed by atoms with Gasteiger partial charge in [-0.15, -0.1) is 0 Å². The molecule has 1 heteroatoms. The highest BCUT2D eigenvalue weighted by atomic mass is 14.6. The van der Waals surface area contributed by atoms with E-state index in [2.05, 4.69) is 26.8 Å². The highest BCUT2D eigenvalue weighted by Gasteiger charge is 2.50. The predicted molar refractivity (Wildman–Crippen MR) is 56.3 cm³/mol. The van der Waals surface area contributed by atoms with Crippen molar-refractivity contribution in [1.82, 2.24) is 0 Å². The highest BCUT2D eigenvalue weighted by molar-refractivity contribution is 5.23. The molecule has 1 saturated carbocycles. The van der Waals surface area contributed by atoms with Crippen LogP contribution in [0.5, 0.6) is 0 Å². The van der Waals surface area contributed by atoms with E-state index in [-0.39, 0.29) is 0 Å². The van der Waals surface area contributed by atoms with Crippen molar-refractivity contribution in [3.05, 3.63) is 11.6 Å². The van der Waals surface area contributed by atoms with Crippen LogP contribution in [-0.4, -0.2) is 6.04 Å². The van der Waals surface area contributed by atoms with Crippen molar-refractivity contribution in [2.75, 3.05) is 0 Å². The summed E-state index contributed by atoms with van der Waals surface area (Å²) in [5.74, 6) is 1.80. The fourth-order valence-corrected chi connectivity index (χ4v) is 3.08. The minimum atomic E-state index is 0.333. The van der Waals surface area contributed by atoms with Crippen molar-refractivity contribution in [1.29, 1.82) is 0 Å². The monoisotopic (exact) mass is 179 g/mol. The minimum Gasteiger partial charge on any atom is -0.328 e. The van der Waals surface area contributed by atoms with E-state index in [1.807, 2.05) is 0 Å². The van der Waals surface area contributed by atoms with Crippen LogP contribution in [0.1, 0.15) is 40.0 Å². The van der Waals surface area contributed by atoms with E-state index in [1.165, 1.54) is 12.8 Å². The number of fused-ring (bicyclic) bond motifs is 1. The summed E-state index contributed by atoms with van der Waals surface area (Å²) in [7, 11) is 0. The van der Waals surface area contributed by atoms with E-state index in [0.717, 1.165) is 18.3 Å². The average molecular weight is 179 g/mol. The van der Waals surface area contributed by atoms with E-state index in [9.17, 15) is 0 Å². The van der Waals surface area contributed by atoms with Gasteiger partial charge in [0.2, 0.25) is 0 Å². The van der Waals surface area contributed by atoms with Gasteiger partial charge in [-0.05, 0) is 43.4 Å². The summed E-state index contributed by atoms with van der Waals surface area (Å²) in [6, 6.07) is 0.333. The van der Waals surface area contributed by atoms with Crippen LogP contribution in [0.2, 0.25) is 0 Å². The van der Waals surface area contributed by atoms with Gasteiger partial charge in [0.25, 0.3) is 0 Å². The first kappa shape index (κ1) is 9.26. The lowest BCUT2D eigenvalue weighted by molar-refractivity contribution is -0.00859. The third-order valence-corrected chi connectivity index (χ3v) is 4.14. The van der Waals surface area contributed by atoms with Gasteiger partial charge in [0.1, 0.15) is 0 Å². The summed E-state index contributed by atoms with van der Waals surface area (Å²) in [5.41, 5.74) is 8.06. The van der Waals surface area contributed by atoms with Crippen molar-refractivity contribution < 1.29 is 0 Å². The molecule has 0 heterocycles. The molecular formula is C12H21N. The Morgan fingerprint density at radius 2 is 2.31 bits per heavy atom. The maximum atomic E-state index is 5.85. The largest absolute Gasteiger partial charge is 0.328 e. The van der Waals surface area contributed by atoms with E-state index in [0.29, 0.717) is 11.5 Å². The standard InChI is InChI=1S/C12H21N/c1-8(13)6-9-4-5-10-7-11(9)12(10,2)3/h4,8,10-11H,5-7,13H2,1-3H3/t8?,10-,11-/m0/s1. The third kappa shape index (κ3) is 1.34. The van der Waals surface area contributed by atoms with Crippen molar-refractivity contribution in [3.63, 3.8) is 0 Å². The van der Waals surface area contributed by atoms with Crippen LogP contribution in [0, 0.1) is 17.3 Å². The molecule has 1 nitrogen and oxygen atoms in total. The fraction of sp³-hybridized carbons (Fsp3) is 0.833. The summed E-state index contributed by atoms with van der Waals surface area (Å²) in [5, 5.41) is 0. The highest BCUT2D eigenvalue weighted by Crippen LogP contribution is 2.59. The van der Waals surface area contributed by atoms with Crippen molar-refractivity contribution in [3.8, 4) is 0 Å². The lowest BCUT2D eigenvalue weighted by atomic mass is 9.48. The molecule has 0 aromatic rings. The van der Waals surface area contributed by atoms with Gasteiger partial charge in [-0.2, -0.15) is 0 Å². The molecule has 3 rings (SSSR count). The van der Waals surface area contributed by atoms with Crippen LogP contribution in [0.3, 0.4) is 0 Å². The lowest BCUT2D eigenvalue weighted by Crippen LogP contribution is -2.48. The molecule has 0 aromatic carbocycles. The van der Waals surface area contributed by atoms with Gasteiger partial charge in [-0.25, -0.2) is 0 Å². The molecule has 3 aliphatic carbocycles. The molecule has 0 radical (unpaired) electrons. The van der Waals surface area contributed by atoms with E-state index >= 15 is 0 Å². The van der Waals surface area contributed by atoms with Crippen LogP contribution in [0.4, 0.5) is 0 Å². The predicted octanol–water partition coefficient (Wildman–Crippen LogP) is 2.72. The zero-order valence-corrected chi connectivity index (χ0v) is 9.01. The Labute approximate surface area is 81.4 Å². The fourth-order valence-electron chi connectivity index (χ4n) is 3.08. The van der Waals surface area contributed by atoms with Gasteiger partial charge in [0, 0.05) is 6.04 Å². The lowest BCUT2D eigenvalue weighted by Gasteiger charge is -2.56. The molecule has 13 heavy (non-hydrogen) atoms. The molecule has 0 saturated heterocycles. The van der Waals surface area contributed by atoms with Crippen LogP contribution >= 0.6 is 0 Å². The number of allylic oxidation sites excluding steroid dienone is 1. The summed E-state index contributed by atoms with van der Waals surface area (Å²) >= 11 is 0. The second kappa shape index (κ2) is 2.84. The Bertz CT molecular complexity index is 238. The van der Waals surface area contributed by atoms with Crippen LogP contribution in [0.25, 0.3) is 0 Å². The van der Waals surface area contributed by atoms with Crippen molar-refractivity contribution in [2.45, 2.75) is 46.1 Å². The molecule has 3 aliphatic rings. The van der Waals surface area contributed by atoms with Crippen molar-refractivity contribution in [2.24, 2.45) is 23.0 Å². The van der Waals surface area contributed by atoms with Crippen LogP contribution < -0.4 is 5.73 Å². The molecule has 0 spiro atoms. The zero-order chi connectivity index (χ0) is 9.64. The van der Waals surface area contributed by atoms with Gasteiger partial charge in [-0.1, -0.05) is 25.5 Å². The Balaban J connectivity index is 2.10. The van der Waals surface area contributed by atoms with Crippen molar-refractivity contribution >= 4 is 0 Å². The van der Waals surface area contributed by atoms with Gasteiger partial charge in [0.05, 0.1) is 0 Å². The van der Waals surface area contributed by atoms with Crippen LogP contribution in [-0.2, 0) is 0 Å². The van der Waals surface area contributed by atoms with Gasteiger partial charge < -0.3 is 5.73 Å². The van der Waals surface area contributed by atoms with E-state index in [4.69, 9.17) is 5.73 Å². The smallest absolute Gasteiger partial charge is 0.00477 e. The van der Waals surface area contributed by atoms with Gasteiger partial charge >= 0.3 is 0 Å². The number of hydrogen-bond donors (Lipinski definition) is 1. The minimum absolute atomic E-state index is 0.333. The Kier molecular flexibility index (Phi) is 2.03. The third-order valence-electron chi connectivity index (χ3n) is 4.14. The quantitative estimate of drug-likeness (QED) is 0.648. The second-order valence-corrected chi connectivity index (χ2v) is 5.50. The first-order valence-electron chi connectivity index (χ1n) is 5.46. The second-order valence-electron chi connectivity index (χ2n) is 5.50. The Morgan fingerprint density at radius 3 is 2.77 bits per heavy atom. The molecule has 0 aromatic heterocycles. The maximum absolute atomic E-state index is 5.85. The molecule has 74 valence electrons. The molecule has 1 fully saturated rings. The molecule has 2 bridgehead atoms. The zero-order valence-electron chi connectivity index (χ0n) is 9.01. The molecule has 3 atom stereocenters. The first-order chi connectivity index (χ1) is 6.01. The number of nitrogens with two attached hydrogens (primary N) is 1. The molecule has 2 N–H and O–H groups in total. The first-order valence-corrected chi connectivity index (χ1v) is 5.46. The summed E-state index contributed by atoms with van der Waals surface area (Å²) in [6.45, 7) is 6.94. The topological polar surface area (TPSA) is 26.0 Å². The van der Waals surface area contributed by atoms with Crippen LogP contribution in [0.15, 0.2) is 11.6 Å². The number of hydrogen-bond acceptors (Lipinski definition) is 1. The van der Waals surface area contributed by atoms with Gasteiger partial charge in [0.15, 0.2) is 0 Å². The molecule has 1 unspecified atom stereocenters. The molecule has 0 amide bonds. The summed E-state index contributed by atoms with van der Waals surface area (Å²) < 4.78 is 0. The number of rotatable bonds is 2. The van der Waals surface area contributed by atoms with Gasteiger partial charge in [-0.3, -0.25) is 0 Å². The molecular weight excluding hydrogens is 158 g/mol.